The molecule has 1 aliphatic heterocycles. The molecule has 7 nitrogen and oxygen atoms in total. The van der Waals surface area contributed by atoms with Gasteiger partial charge in [0.25, 0.3) is 0 Å². The number of halogens is 1. The number of pyridine rings is 2. The van der Waals surface area contributed by atoms with Gasteiger partial charge in [-0.3, -0.25) is 4.98 Å². The molecule has 0 unspecified atom stereocenters. The number of piperazine rings is 1. The molecule has 0 N–H and O–H groups in total. The Kier molecular flexibility index (Phi) is 6.84. The summed E-state index contributed by atoms with van der Waals surface area (Å²) in [6.45, 7) is 3.09. The summed E-state index contributed by atoms with van der Waals surface area (Å²) in [6.07, 6.45) is 5.45. The molecule has 0 radical (unpaired) electrons. The normalized spacial score (nSPS) is 13.7. The summed E-state index contributed by atoms with van der Waals surface area (Å²) in [5, 5.41) is 0.609. The number of hydrogen-bond acceptors (Lipinski definition) is 6. The lowest BCUT2D eigenvalue weighted by atomic mass is 10.1. The van der Waals surface area contributed by atoms with Gasteiger partial charge >= 0.3 is 6.09 Å². The lowest BCUT2D eigenvalue weighted by molar-refractivity contribution is 0.149. The van der Waals surface area contributed by atoms with Crippen molar-refractivity contribution < 1.29 is 14.3 Å². The van der Waals surface area contributed by atoms with Crippen molar-refractivity contribution in [2.75, 3.05) is 37.7 Å². The molecule has 8 heteroatoms. The van der Waals surface area contributed by atoms with Crippen LogP contribution in [0.2, 0.25) is 5.02 Å². The SMILES string of the molecule is O=C(Oc1ccc(CCOc2cccnc2)cc1)N1CCN(c2ccc(Cl)cn2)CC1. The Bertz CT molecular complexity index is 976. The van der Waals surface area contributed by atoms with E-state index in [1.807, 2.05) is 48.5 Å². The van der Waals surface area contributed by atoms with Crippen LogP contribution in [0.15, 0.2) is 67.1 Å². The highest BCUT2D eigenvalue weighted by Crippen LogP contribution is 2.18. The van der Waals surface area contributed by atoms with Crippen molar-refractivity contribution in [2.24, 2.45) is 0 Å². The average molecular weight is 439 g/mol. The number of anilines is 1. The largest absolute Gasteiger partial charge is 0.492 e. The van der Waals surface area contributed by atoms with Gasteiger partial charge in [-0.25, -0.2) is 9.78 Å². The minimum Gasteiger partial charge on any atom is -0.492 e. The van der Waals surface area contributed by atoms with E-state index in [0.717, 1.165) is 23.6 Å². The molecule has 0 saturated carbocycles. The van der Waals surface area contributed by atoms with Crippen LogP contribution < -0.4 is 14.4 Å². The predicted octanol–water partition coefficient (Wildman–Crippen LogP) is 4.07. The van der Waals surface area contributed by atoms with E-state index in [4.69, 9.17) is 21.1 Å². The molecule has 3 heterocycles. The van der Waals surface area contributed by atoms with Crippen molar-refractivity contribution in [3.63, 3.8) is 0 Å². The molecule has 31 heavy (non-hydrogen) atoms. The van der Waals surface area contributed by atoms with Gasteiger partial charge in [-0.2, -0.15) is 0 Å². The topological polar surface area (TPSA) is 67.8 Å². The Morgan fingerprint density at radius 3 is 2.45 bits per heavy atom. The number of aromatic nitrogens is 2. The van der Waals surface area contributed by atoms with Crippen LogP contribution in [-0.2, 0) is 6.42 Å². The summed E-state index contributed by atoms with van der Waals surface area (Å²) in [7, 11) is 0. The maximum absolute atomic E-state index is 12.5. The van der Waals surface area contributed by atoms with Crippen molar-refractivity contribution in [1.82, 2.24) is 14.9 Å². The number of carbonyl (C=O) groups excluding carboxylic acids is 1. The van der Waals surface area contributed by atoms with Gasteiger partial charge in [-0.15, -0.1) is 0 Å². The van der Waals surface area contributed by atoms with Gasteiger partial charge in [0.15, 0.2) is 0 Å². The summed E-state index contributed by atoms with van der Waals surface area (Å²) in [4.78, 5) is 24.7. The third-order valence-corrected chi connectivity index (χ3v) is 5.22. The van der Waals surface area contributed by atoms with E-state index in [9.17, 15) is 4.79 Å². The lowest BCUT2D eigenvalue weighted by Gasteiger charge is -2.34. The van der Waals surface area contributed by atoms with E-state index in [1.165, 1.54) is 0 Å². The van der Waals surface area contributed by atoms with E-state index in [0.29, 0.717) is 43.6 Å². The molecule has 2 aromatic heterocycles. The van der Waals surface area contributed by atoms with E-state index < -0.39 is 0 Å². The maximum atomic E-state index is 12.5. The molecular weight excluding hydrogens is 416 g/mol. The second-order valence-electron chi connectivity index (χ2n) is 7.11. The molecule has 1 saturated heterocycles. The Balaban J connectivity index is 1.22. The van der Waals surface area contributed by atoms with Gasteiger partial charge in [-0.05, 0) is 42.0 Å². The first-order valence-electron chi connectivity index (χ1n) is 10.1. The first-order chi connectivity index (χ1) is 15.2. The number of hydrogen-bond donors (Lipinski definition) is 0. The predicted molar refractivity (Wildman–Crippen MR) is 119 cm³/mol. The van der Waals surface area contributed by atoms with Gasteiger partial charge < -0.3 is 19.3 Å². The molecule has 1 aliphatic rings. The number of benzene rings is 1. The van der Waals surface area contributed by atoms with Gasteiger partial charge in [0, 0.05) is 45.0 Å². The highest BCUT2D eigenvalue weighted by Gasteiger charge is 2.23. The zero-order chi connectivity index (χ0) is 21.5. The van der Waals surface area contributed by atoms with Gasteiger partial charge in [0.1, 0.15) is 17.3 Å². The van der Waals surface area contributed by atoms with Crippen LogP contribution in [0, 0.1) is 0 Å². The van der Waals surface area contributed by atoms with Crippen molar-refractivity contribution in [1.29, 1.82) is 0 Å². The van der Waals surface area contributed by atoms with E-state index in [2.05, 4.69) is 14.9 Å². The standard InChI is InChI=1S/C23H23ClN4O3/c24-19-5-8-22(26-16-19)27-11-13-28(14-12-27)23(29)31-20-6-3-18(4-7-20)9-15-30-21-2-1-10-25-17-21/h1-8,10,16-17H,9,11-15H2. The fourth-order valence-corrected chi connectivity index (χ4v) is 3.39. The number of amides is 1. The second-order valence-corrected chi connectivity index (χ2v) is 7.54. The number of rotatable bonds is 6. The van der Waals surface area contributed by atoms with Crippen LogP contribution in [0.4, 0.5) is 10.6 Å². The molecular formula is C23H23ClN4O3. The van der Waals surface area contributed by atoms with Crippen LogP contribution >= 0.6 is 11.6 Å². The third-order valence-electron chi connectivity index (χ3n) is 5.00. The molecule has 4 rings (SSSR count). The van der Waals surface area contributed by atoms with Crippen molar-refractivity contribution >= 4 is 23.5 Å². The smallest absolute Gasteiger partial charge is 0.415 e. The summed E-state index contributed by atoms with van der Waals surface area (Å²) < 4.78 is 11.2. The van der Waals surface area contributed by atoms with Gasteiger partial charge in [0.05, 0.1) is 17.8 Å². The van der Waals surface area contributed by atoms with E-state index in [-0.39, 0.29) is 6.09 Å². The Morgan fingerprint density at radius 2 is 1.77 bits per heavy atom. The minimum atomic E-state index is -0.337. The first-order valence-corrected chi connectivity index (χ1v) is 10.5. The second kappa shape index (κ2) is 10.1. The zero-order valence-electron chi connectivity index (χ0n) is 17.0. The van der Waals surface area contributed by atoms with Crippen LogP contribution in [0.1, 0.15) is 5.56 Å². The first kappa shape index (κ1) is 20.9. The monoisotopic (exact) mass is 438 g/mol. The van der Waals surface area contributed by atoms with Crippen molar-refractivity contribution in [3.8, 4) is 11.5 Å². The van der Waals surface area contributed by atoms with E-state index in [1.54, 1.807) is 23.5 Å². The molecule has 0 bridgehead atoms. The van der Waals surface area contributed by atoms with Crippen LogP contribution in [-0.4, -0.2) is 53.7 Å². The minimum absolute atomic E-state index is 0.337. The number of ether oxygens (including phenoxy) is 2. The molecule has 1 fully saturated rings. The van der Waals surface area contributed by atoms with Crippen LogP contribution in [0.5, 0.6) is 11.5 Å². The summed E-state index contributed by atoms with van der Waals surface area (Å²) in [5.41, 5.74) is 1.10. The molecule has 1 aromatic carbocycles. The third kappa shape index (κ3) is 5.86. The fraction of sp³-hybridized carbons (Fsp3) is 0.261. The van der Waals surface area contributed by atoms with Crippen molar-refractivity contribution in [2.45, 2.75) is 6.42 Å². The molecule has 160 valence electrons. The Hall–Kier alpha value is -3.32. The van der Waals surface area contributed by atoms with Gasteiger partial charge in [0.2, 0.25) is 0 Å². The van der Waals surface area contributed by atoms with Crippen molar-refractivity contribution in [3.05, 3.63) is 77.7 Å². The lowest BCUT2D eigenvalue weighted by Crippen LogP contribution is -2.49. The Morgan fingerprint density at radius 1 is 0.968 bits per heavy atom. The molecule has 3 aromatic rings. The average Bonchev–Trinajstić information content (AvgIpc) is 2.81. The number of nitrogens with zero attached hydrogens (tertiary/aromatic N) is 4. The highest BCUT2D eigenvalue weighted by atomic mass is 35.5. The van der Waals surface area contributed by atoms with Crippen LogP contribution in [0.25, 0.3) is 0 Å². The molecule has 0 spiro atoms. The molecule has 0 aliphatic carbocycles. The fourth-order valence-electron chi connectivity index (χ4n) is 3.28. The van der Waals surface area contributed by atoms with E-state index >= 15 is 0 Å². The Labute approximate surface area is 186 Å². The number of carbonyl (C=O) groups is 1. The van der Waals surface area contributed by atoms with Gasteiger partial charge in [-0.1, -0.05) is 23.7 Å². The summed E-state index contributed by atoms with van der Waals surface area (Å²) in [6, 6.07) is 14.9. The summed E-state index contributed by atoms with van der Waals surface area (Å²) >= 11 is 5.89. The maximum Gasteiger partial charge on any atom is 0.415 e. The molecule has 1 amide bonds. The summed E-state index contributed by atoms with van der Waals surface area (Å²) in [5.74, 6) is 2.14. The quantitative estimate of drug-likeness (QED) is 0.577. The highest BCUT2D eigenvalue weighted by molar-refractivity contribution is 6.30. The molecule has 0 atom stereocenters. The van der Waals surface area contributed by atoms with Crippen LogP contribution in [0.3, 0.4) is 0 Å². The zero-order valence-corrected chi connectivity index (χ0v) is 17.7.